The molecule has 2 aromatic heterocycles. The van der Waals surface area contributed by atoms with E-state index in [2.05, 4.69) is 14.8 Å². The Kier molecular flexibility index (Phi) is 8.59. The van der Waals surface area contributed by atoms with Crippen LogP contribution in [0.25, 0.3) is 5.69 Å². The predicted octanol–water partition coefficient (Wildman–Crippen LogP) is 5.71. The Morgan fingerprint density at radius 2 is 1.76 bits per heavy atom. The lowest BCUT2D eigenvalue weighted by atomic mass is 10.2. The first-order valence-corrected chi connectivity index (χ1v) is 13.8. The zero-order valence-electron chi connectivity index (χ0n) is 21.9. The third-order valence-electron chi connectivity index (χ3n) is 5.61. The van der Waals surface area contributed by atoms with E-state index in [0.717, 1.165) is 39.8 Å². The van der Waals surface area contributed by atoms with Crippen LogP contribution in [0.2, 0.25) is 0 Å². The fourth-order valence-electron chi connectivity index (χ4n) is 3.44. The molecule has 0 saturated carbocycles. The van der Waals surface area contributed by atoms with E-state index >= 15 is 0 Å². The number of aryl methyl sites for hydroxylation is 1. The lowest BCUT2D eigenvalue weighted by molar-refractivity contribution is -0.153. The van der Waals surface area contributed by atoms with Crippen molar-refractivity contribution in [1.82, 2.24) is 24.1 Å². The molecule has 2 unspecified atom stereocenters. The average Bonchev–Trinajstić information content (AvgIpc) is 3.41. The third kappa shape index (κ3) is 6.77. The zero-order valence-corrected chi connectivity index (χ0v) is 23.6. The van der Waals surface area contributed by atoms with Crippen molar-refractivity contribution in [3.8, 4) is 16.5 Å². The molecule has 4 aromatic rings. The molecule has 0 bridgehead atoms. The number of hydrogen-bond acceptors (Lipinski definition) is 7. The maximum Gasteiger partial charge on any atom is 0.414 e. The van der Waals surface area contributed by atoms with E-state index in [1.54, 1.807) is 0 Å². The van der Waals surface area contributed by atoms with Crippen LogP contribution in [0.4, 0.5) is 26.3 Å². The van der Waals surface area contributed by atoms with Gasteiger partial charge in [-0.15, -0.1) is 4.72 Å². The minimum Gasteiger partial charge on any atom is -0.598 e. The normalized spacial score (nSPS) is 13.8. The van der Waals surface area contributed by atoms with Crippen LogP contribution in [-0.2, 0) is 17.9 Å². The van der Waals surface area contributed by atoms with Gasteiger partial charge in [-0.25, -0.2) is 22.9 Å². The lowest BCUT2D eigenvalue weighted by Crippen LogP contribution is -2.45. The summed E-state index contributed by atoms with van der Waals surface area (Å²) in [5.41, 5.74) is -1.15. The number of alkyl halides is 3. The average molecular weight is 620 g/mol. The van der Waals surface area contributed by atoms with Crippen molar-refractivity contribution in [2.24, 2.45) is 0 Å². The van der Waals surface area contributed by atoms with Crippen LogP contribution < -0.4 is 15.1 Å². The Morgan fingerprint density at radius 3 is 2.34 bits per heavy atom. The molecule has 0 spiro atoms. The van der Waals surface area contributed by atoms with Gasteiger partial charge in [-0.05, 0) is 52.0 Å². The number of aromatic nitrogens is 4. The van der Waals surface area contributed by atoms with E-state index in [1.807, 2.05) is 0 Å². The molecule has 0 saturated heterocycles. The molecular formula is C25H23F6N5O3S2. The van der Waals surface area contributed by atoms with Gasteiger partial charge < -0.3 is 9.29 Å². The molecule has 8 nitrogen and oxygen atoms in total. The van der Waals surface area contributed by atoms with Gasteiger partial charge in [0.25, 0.3) is 0 Å². The summed E-state index contributed by atoms with van der Waals surface area (Å²) in [6, 6.07) is 4.23. The maximum absolute atomic E-state index is 15.0. The van der Waals surface area contributed by atoms with Gasteiger partial charge in [0.2, 0.25) is 5.06 Å². The van der Waals surface area contributed by atoms with Gasteiger partial charge in [0, 0.05) is 23.0 Å². The van der Waals surface area contributed by atoms with Gasteiger partial charge in [0.15, 0.2) is 17.6 Å². The minimum absolute atomic E-state index is 0.0414. The van der Waals surface area contributed by atoms with E-state index < -0.39 is 63.0 Å². The van der Waals surface area contributed by atoms with Crippen molar-refractivity contribution in [2.45, 2.75) is 51.2 Å². The van der Waals surface area contributed by atoms with E-state index in [9.17, 15) is 35.7 Å². The highest BCUT2D eigenvalue weighted by atomic mass is 32.2. The molecule has 2 aromatic carbocycles. The summed E-state index contributed by atoms with van der Waals surface area (Å²) in [4.78, 5) is 16.7. The van der Waals surface area contributed by atoms with Crippen LogP contribution in [0, 0.1) is 24.4 Å². The zero-order chi connectivity index (χ0) is 30.3. The first-order valence-electron chi connectivity index (χ1n) is 11.8. The summed E-state index contributed by atoms with van der Waals surface area (Å²) < 4.78 is 105. The van der Waals surface area contributed by atoms with Crippen molar-refractivity contribution in [1.29, 1.82) is 0 Å². The Bertz CT molecular complexity index is 1590. The fourth-order valence-corrected chi connectivity index (χ4v) is 5.33. The van der Waals surface area contributed by atoms with Crippen molar-refractivity contribution in [3.63, 3.8) is 0 Å². The van der Waals surface area contributed by atoms with Crippen LogP contribution >= 0.6 is 11.3 Å². The summed E-state index contributed by atoms with van der Waals surface area (Å²) >= 11 is -1.55. The van der Waals surface area contributed by atoms with E-state index in [1.165, 1.54) is 39.8 Å². The summed E-state index contributed by atoms with van der Waals surface area (Å²) in [5, 5.41) is 3.27. The molecule has 0 aliphatic carbocycles. The smallest absolute Gasteiger partial charge is 0.414 e. The second-order valence-electron chi connectivity index (χ2n) is 9.77. The number of halogens is 6. The summed E-state index contributed by atoms with van der Waals surface area (Å²) in [5.74, 6) is -3.04. The monoisotopic (exact) mass is 619 g/mol. The van der Waals surface area contributed by atoms with Crippen molar-refractivity contribution in [3.05, 3.63) is 86.9 Å². The predicted molar refractivity (Wildman–Crippen MR) is 140 cm³/mol. The van der Waals surface area contributed by atoms with Crippen molar-refractivity contribution >= 4 is 22.7 Å². The Balaban J connectivity index is 1.56. The van der Waals surface area contributed by atoms with E-state index in [0.29, 0.717) is 11.3 Å². The minimum atomic E-state index is -4.83. The Hall–Kier alpha value is -3.34. The number of hydrogen-bond donors (Lipinski definition) is 1. The topological polar surface area (TPSA) is 97.0 Å². The molecular weight excluding hydrogens is 596 g/mol. The van der Waals surface area contributed by atoms with E-state index in [4.69, 9.17) is 4.74 Å². The summed E-state index contributed by atoms with van der Waals surface area (Å²) in [6.45, 7) is 5.46. The van der Waals surface area contributed by atoms with Gasteiger partial charge in [-0.1, -0.05) is 17.4 Å². The Labute approximate surface area is 236 Å². The van der Waals surface area contributed by atoms with Crippen LogP contribution in [-0.4, -0.2) is 34.8 Å². The molecule has 1 N–H and O–H groups in total. The van der Waals surface area contributed by atoms with Crippen LogP contribution in [0.1, 0.15) is 43.1 Å². The first-order chi connectivity index (χ1) is 19.1. The van der Waals surface area contributed by atoms with Crippen LogP contribution in [0.5, 0.6) is 10.8 Å². The highest BCUT2D eigenvalue weighted by Crippen LogP contribution is 2.41. The van der Waals surface area contributed by atoms with Gasteiger partial charge >= 0.3 is 11.9 Å². The van der Waals surface area contributed by atoms with Gasteiger partial charge in [0.1, 0.15) is 27.7 Å². The summed E-state index contributed by atoms with van der Waals surface area (Å²) in [6.07, 6.45) is -3.79. The SMILES string of the molecule is Cc1nc(C(N[S+]([O-])C(C)(C)C)C(F)(F)F)sc1Oc1ccc(-n2ncn(Cc3c(F)cccc3F)c2=O)cc1F. The van der Waals surface area contributed by atoms with E-state index in [-0.39, 0.29) is 27.8 Å². The standard InChI is InChI=1S/C25H23F6N5O3S2/c1-13-22(40-21(33-13)20(25(29,30)31)34-41(38)24(2,3)4)39-19-9-8-14(10-18(19)28)36-23(37)35(12-32-36)11-15-16(26)6-5-7-17(15)27/h5-10,12,20,34H,11H2,1-4H3. The number of nitrogens with zero attached hydrogens (tertiary/aromatic N) is 4. The van der Waals surface area contributed by atoms with Gasteiger partial charge in [0.05, 0.1) is 17.9 Å². The first kappa shape index (κ1) is 30.6. The number of ether oxygens (including phenoxy) is 1. The lowest BCUT2D eigenvalue weighted by Gasteiger charge is -2.28. The molecule has 0 fully saturated rings. The van der Waals surface area contributed by atoms with Gasteiger partial charge in [-0.3, -0.25) is 4.57 Å². The highest BCUT2D eigenvalue weighted by molar-refractivity contribution is 7.90. The summed E-state index contributed by atoms with van der Waals surface area (Å²) in [7, 11) is 0. The number of thiazole rings is 1. The molecule has 4 rings (SSSR count). The molecule has 0 radical (unpaired) electrons. The maximum atomic E-state index is 15.0. The largest absolute Gasteiger partial charge is 0.598 e. The molecule has 0 amide bonds. The highest BCUT2D eigenvalue weighted by Gasteiger charge is 2.48. The second-order valence-corrected chi connectivity index (χ2v) is 12.8. The Morgan fingerprint density at radius 1 is 1.10 bits per heavy atom. The molecule has 41 heavy (non-hydrogen) atoms. The molecule has 16 heteroatoms. The van der Waals surface area contributed by atoms with Crippen LogP contribution in [0.15, 0.2) is 47.5 Å². The number of nitrogens with one attached hydrogen (secondary N) is 1. The molecule has 2 heterocycles. The third-order valence-corrected chi connectivity index (χ3v) is 8.27. The number of benzene rings is 2. The van der Waals surface area contributed by atoms with Crippen LogP contribution in [0.3, 0.4) is 0 Å². The van der Waals surface area contributed by atoms with Crippen molar-refractivity contribution < 1.29 is 35.6 Å². The second kappa shape index (κ2) is 11.5. The molecule has 0 aliphatic rings. The van der Waals surface area contributed by atoms with Crippen molar-refractivity contribution in [2.75, 3.05) is 0 Å². The molecule has 0 aliphatic heterocycles. The fraction of sp³-hybridized carbons (Fsp3) is 0.320. The molecule has 2 atom stereocenters. The quantitative estimate of drug-likeness (QED) is 0.201. The number of rotatable bonds is 8. The van der Waals surface area contributed by atoms with Gasteiger partial charge in [-0.2, -0.15) is 23.0 Å². The molecule has 220 valence electrons.